The number of hydrogen-bond donors (Lipinski definition) is 2. The van der Waals surface area contributed by atoms with Gasteiger partial charge in [0.1, 0.15) is 0 Å². The number of urea groups is 1. The summed E-state index contributed by atoms with van der Waals surface area (Å²) in [5.41, 5.74) is 4.13. The Morgan fingerprint density at radius 2 is 2.32 bits per heavy atom. The Morgan fingerprint density at radius 1 is 1.53 bits per heavy atom. The summed E-state index contributed by atoms with van der Waals surface area (Å²) in [4.78, 5) is 13.6. The SMILES string of the molecule is Cc1n[nH]c(C)c1CNC(=O)N(C)Cc1ccsc1. The predicted molar refractivity (Wildman–Crippen MR) is 76.1 cm³/mol. The Hall–Kier alpha value is -1.82. The van der Waals surface area contributed by atoms with Gasteiger partial charge in [0.05, 0.1) is 5.69 Å². The van der Waals surface area contributed by atoms with E-state index in [1.807, 2.05) is 30.7 Å². The molecular weight excluding hydrogens is 260 g/mol. The van der Waals surface area contributed by atoms with Crippen LogP contribution in [0.3, 0.4) is 0 Å². The number of hydrogen-bond acceptors (Lipinski definition) is 3. The summed E-state index contributed by atoms with van der Waals surface area (Å²) < 4.78 is 0. The Morgan fingerprint density at radius 3 is 2.89 bits per heavy atom. The number of carbonyl (C=O) groups is 1. The maximum Gasteiger partial charge on any atom is 0.317 e. The first-order chi connectivity index (χ1) is 9.08. The molecule has 2 rings (SSSR count). The highest BCUT2D eigenvalue weighted by Crippen LogP contribution is 2.10. The summed E-state index contributed by atoms with van der Waals surface area (Å²) in [6.07, 6.45) is 0. The van der Waals surface area contributed by atoms with E-state index in [0.29, 0.717) is 13.1 Å². The molecule has 2 amide bonds. The second-order valence-electron chi connectivity index (χ2n) is 4.56. The first-order valence-corrected chi connectivity index (χ1v) is 7.02. The first-order valence-electron chi connectivity index (χ1n) is 6.08. The molecule has 0 unspecified atom stereocenters. The van der Waals surface area contributed by atoms with Gasteiger partial charge in [-0.3, -0.25) is 5.10 Å². The van der Waals surface area contributed by atoms with Crippen molar-refractivity contribution in [2.45, 2.75) is 26.9 Å². The minimum Gasteiger partial charge on any atom is -0.334 e. The quantitative estimate of drug-likeness (QED) is 0.902. The fraction of sp³-hybridized carbons (Fsp3) is 0.385. The van der Waals surface area contributed by atoms with Crippen LogP contribution in [0.1, 0.15) is 22.5 Å². The highest BCUT2D eigenvalue weighted by Gasteiger charge is 2.11. The molecule has 2 aromatic rings. The van der Waals surface area contributed by atoms with Gasteiger partial charge in [0.25, 0.3) is 0 Å². The monoisotopic (exact) mass is 278 g/mol. The van der Waals surface area contributed by atoms with Crippen LogP contribution in [0.25, 0.3) is 0 Å². The van der Waals surface area contributed by atoms with Gasteiger partial charge >= 0.3 is 6.03 Å². The molecule has 2 heterocycles. The van der Waals surface area contributed by atoms with Crippen molar-refractivity contribution < 1.29 is 4.79 Å². The van der Waals surface area contributed by atoms with Gasteiger partial charge in [-0.25, -0.2) is 4.79 Å². The number of carbonyl (C=O) groups excluding carboxylic acids is 1. The van der Waals surface area contributed by atoms with Gasteiger partial charge in [-0.15, -0.1) is 0 Å². The minimum atomic E-state index is -0.0776. The molecule has 2 aromatic heterocycles. The van der Waals surface area contributed by atoms with Crippen LogP contribution in [0.15, 0.2) is 16.8 Å². The number of H-pyrrole nitrogens is 1. The molecule has 0 fully saturated rings. The fourth-order valence-corrected chi connectivity index (χ4v) is 2.52. The van der Waals surface area contributed by atoms with Crippen molar-refractivity contribution in [1.29, 1.82) is 0 Å². The maximum absolute atomic E-state index is 12.0. The average molecular weight is 278 g/mol. The van der Waals surface area contributed by atoms with Gasteiger partial charge in [-0.1, -0.05) is 0 Å². The van der Waals surface area contributed by atoms with Crippen LogP contribution in [0.2, 0.25) is 0 Å². The zero-order valence-corrected chi connectivity index (χ0v) is 12.2. The molecular formula is C13H18N4OS. The molecule has 0 saturated heterocycles. The Kier molecular flexibility index (Phi) is 4.21. The summed E-state index contributed by atoms with van der Waals surface area (Å²) in [5.74, 6) is 0. The van der Waals surface area contributed by atoms with Gasteiger partial charge in [0, 0.05) is 31.4 Å². The van der Waals surface area contributed by atoms with Crippen molar-refractivity contribution in [2.24, 2.45) is 0 Å². The molecule has 0 spiro atoms. The second-order valence-corrected chi connectivity index (χ2v) is 5.34. The summed E-state index contributed by atoms with van der Waals surface area (Å²) >= 11 is 1.64. The van der Waals surface area contributed by atoms with Crippen LogP contribution in [0.4, 0.5) is 4.79 Å². The van der Waals surface area contributed by atoms with Crippen LogP contribution < -0.4 is 5.32 Å². The van der Waals surface area contributed by atoms with E-state index in [1.54, 1.807) is 23.3 Å². The van der Waals surface area contributed by atoms with E-state index in [2.05, 4.69) is 15.5 Å². The van der Waals surface area contributed by atoms with Gasteiger partial charge in [0.2, 0.25) is 0 Å². The smallest absolute Gasteiger partial charge is 0.317 e. The summed E-state index contributed by atoms with van der Waals surface area (Å²) in [7, 11) is 1.79. The average Bonchev–Trinajstić information content (AvgIpc) is 2.98. The van der Waals surface area contributed by atoms with E-state index in [1.165, 1.54) is 0 Å². The molecule has 19 heavy (non-hydrogen) atoms. The zero-order chi connectivity index (χ0) is 13.8. The highest BCUT2D eigenvalue weighted by molar-refractivity contribution is 7.07. The summed E-state index contributed by atoms with van der Waals surface area (Å²) in [6, 6.07) is 1.95. The van der Waals surface area contributed by atoms with E-state index < -0.39 is 0 Å². The number of rotatable bonds is 4. The zero-order valence-electron chi connectivity index (χ0n) is 11.4. The molecule has 0 aliphatic carbocycles. The van der Waals surface area contributed by atoms with Crippen LogP contribution >= 0.6 is 11.3 Å². The van der Waals surface area contributed by atoms with E-state index in [-0.39, 0.29) is 6.03 Å². The van der Waals surface area contributed by atoms with Gasteiger partial charge in [-0.2, -0.15) is 16.4 Å². The van der Waals surface area contributed by atoms with Crippen molar-refractivity contribution >= 4 is 17.4 Å². The van der Waals surface area contributed by atoms with Crippen molar-refractivity contribution in [3.8, 4) is 0 Å². The van der Waals surface area contributed by atoms with E-state index in [4.69, 9.17) is 0 Å². The number of nitrogens with one attached hydrogen (secondary N) is 2. The largest absolute Gasteiger partial charge is 0.334 e. The number of aromatic nitrogens is 2. The molecule has 0 aromatic carbocycles. The first kappa shape index (κ1) is 13.6. The molecule has 6 heteroatoms. The minimum absolute atomic E-state index is 0.0776. The fourth-order valence-electron chi connectivity index (χ4n) is 1.86. The van der Waals surface area contributed by atoms with E-state index >= 15 is 0 Å². The third-order valence-corrected chi connectivity index (χ3v) is 3.78. The van der Waals surface area contributed by atoms with Crippen LogP contribution in [-0.4, -0.2) is 28.2 Å². The molecule has 0 atom stereocenters. The van der Waals surface area contributed by atoms with Gasteiger partial charge in [-0.05, 0) is 36.2 Å². The molecule has 0 radical (unpaired) electrons. The lowest BCUT2D eigenvalue weighted by molar-refractivity contribution is 0.206. The molecule has 102 valence electrons. The molecule has 0 aliphatic rings. The lowest BCUT2D eigenvalue weighted by Gasteiger charge is -2.17. The predicted octanol–water partition coefficient (Wildman–Crippen LogP) is 2.43. The Balaban J connectivity index is 1.87. The third-order valence-electron chi connectivity index (χ3n) is 3.04. The lowest BCUT2D eigenvalue weighted by Crippen LogP contribution is -2.36. The van der Waals surface area contributed by atoms with Crippen molar-refractivity contribution in [1.82, 2.24) is 20.4 Å². The van der Waals surface area contributed by atoms with Crippen molar-refractivity contribution in [3.63, 3.8) is 0 Å². The number of aromatic amines is 1. The molecule has 0 bridgehead atoms. The van der Waals surface area contributed by atoms with Crippen molar-refractivity contribution in [2.75, 3.05) is 7.05 Å². The topological polar surface area (TPSA) is 61.0 Å². The van der Waals surface area contributed by atoms with Crippen LogP contribution in [0.5, 0.6) is 0 Å². The Labute approximate surface area is 116 Å². The molecule has 0 saturated carbocycles. The highest BCUT2D eigenvalue weighted by atomic mass is 32.1. The lowest BCUT2D eigenvalue weighted by atomic mass is 10.2. The normalized spacial score (nSPS) is 10.5. The number of thiophene rings is 1. The van der Waals surface area contributed by atoms with Crippen LogP contribution in [0, 0.1) is 13.8 Å². The third kappa shape index (κ3) is 3.35. The molecule has 5 nitrogen and oxygen atoms in total. The second kappa shape index (κ2) is 5.88. The number of aryl methyl sites for hydroxylation is 2. The van der Waals surface area contributed by atoms with Crippen molar-refractivity contribution in [3.05, 3.63) is 39.3 Å². The molecule has 2 N–H and O–H groups in total. The van der Waals surface area contributed by atoms with Gasteiger partial charge in [0.15, 0.2) is 0 Å². The summed E-state index contributed by atoms with van der Waals surface area (Å²) in [6.45, 7) is 5.01. The van der Waals surface area contributed by atoms with Crippen LogP contribution in [-0.2, 0) is 13.1 Å². The number of amides is 2. The van der Waals surface area contributed by atoms with E-state index in [0.717, 1.165) is 22.5 Å². The summed E-state index contributed by atoms with van der Waals surface area (Å²) in [5, 5.41) is 14.0. The Bertz CT molecular complexity index is 527. The maximum atomic E-state index is 12.0. The number of nitrogens with zero attached hydrogens (tertiary/aromatic N) is 2. The van der Waals surface area contributed by atoms with E-state index in [9.17, 15) is 4.79 Å². The standard InChI is InChI=1S/C13H18N4OS/c1-9-12(10(2)16-15-9)6-14-13(18)17(3)7-11-4-5-19-8-11/h4-5,8H,6-7H2,1-3H3,(H,14,18)(H,15,16). The molecule has 0 aliphatic heterocycles. The van der Waals surface area contributed by atoms with Gasteiger partial charge < -0.3 is 10.2 Å².